The number of aliphatic carboxylic acids is 1. The second-order valence-corrected chi connectivity index (χ2v) is 5.13. The van der Waals surface area contributed by atoms with Crippen LogP contribution in [0.3, 0.4) is 0 Å². The summed E-state index contributed by atoms with van der Waals surface area (Å²) in [5.74, 6) is -1.64. The molecule has 1 aliphatic heterocycles. The lowest BCUT2D eigenvalue weighted by atomic mass is 9.96. The summed E-state index contributed by atoms with van der Waals surface area (Å²) in [6, 6.07) is 0. The minimum atomic E-state index is -0.890. The molecule has 0 radical (unpaired) electrons. The van der Waals surface area contributed by atoms with E-state index in [1.165, 1.54) is 0 Å². The molecule has 1 rings (SSSR count). The van der Waals surface area contributed by atoms with E-state index in [0.29, 0.717) is 6.61 Å². The van der Waals surface area contributed by atoms with Gasteiger partial charge in [0.05, 0.1) is 19.1 Å². The minimum absolute atomic E-state index is 0.194. The van der Waals surface area contributed by atoms with Crippen molar-refractivity contribution in [3.63, 3.8) is 0 Å². The number of carboxylic acid groups (broad SMARTS) is 1. The van der Waals surface area contributed by atoms with E-state index in [9.17, 15) is 9.59 Å². The highest BCUT2D eigenvalue weighted by molar-refractivity contribution is 5.71. The Kier molecular flexibility index (Phi) is 4.34. The Balaban J connectivity index is 2.35. The van der Waals surface area contributed by atoms with Crippen molar-refractivity contribution in [2.24, 2.45) is 11.8 Å². The summed E-state index contributed by atoms with van der Waals surface area (Å²) in [5, 5.41) is 11.5. The van der Waals surface area contributed by atoms with Crippen molar-refractivity contribution in [1.82, 2.24) is 5.32 Å². The van der Waals surface area contributed by atoms with Crippen molar-refractivity contribution < 1.29 is 24.2 Å². The number of carbonyl (C=O) groups is 2. The van der Waals surface area contributed by atoms with Crippen molar-refractivity contribution in [2.75, 3.05) is 19.8 Å². The number of nitrogens with one attached hydrogen (secondary N) is 1. The van der Waals surface area contributed by atoms with Gasteiger partial charge in [-0.05, 0) is 20.8 Å². The Bertz CT molecular complexity index is 297. The normalized spacial score (nSPS) is 24.4. The Morgan fingerprint density at radius 2 is 2.06 bits per heavy atom. The van der Waals surface area contributed by atoms with Gasteiger partial charge in [0.15, 0.2) is 0 Å². The van der Waals surface area contributed by atoms with Crippen LogP contribution >= 0.6 is 0 Å². The molecule has 0 aromatic rings. The molecule has 1 aliphatic rings. The average molecular weight is 245 g/mol. The molecule has 1 amide bonds. The summed E-state index contributed by atoms with van der Waals surface area (Å²) in [5.41, 5.74) is -0.553. The van der Waals surface area contributed by atoms with Gasteiger partial charge in [-0.15, -0.1) is 0 Å². The monoisotopic (exact) mass is 245 g/mol. The third-order valence-corrected chi connectivity index (χ3v) is 2.42. The number of carboxylic acids is 1. The fourth-order valence-electron chi connectivity index (χ4n) is 1.60. The lowest BCUT2D eigenvalue weighted by Crippen LogP contribution is -2.38. The third-order valence-electron chi connectivity index (χ3n) is 2.42. The topological polar surface area (TPSA) is 84.9 Å². The highest BCUT2D eigenvalue weighted by atomic mass is 16.6. The van der Waals surface area contributed by atoms with Gasteiger partial charge in [-0.3, -0.25) is 4.79 Å². The van der Waals surface area contributed by atoms with Crippen LogP contribution in [0.4, 0.5) is 4.79 Å². The summed E-state index contributed by atoms with van der Waals surface area (Å²) >= 11 is 0. The molecule has 1 fully saturated rings. The molecule has 2 N–H and O–H groups in total. The molecule has 0 bridgehead atoms. The van der Waals surface area contributed by atoms with Crippen LogP contribution in [0.1, 0.15) is 20.8 Å². The maximum atomic E-state index is 11.4. The predicted molar refractivity (Wildman–Crippen MR) is 59.7 cm³/mol. The Labute approximate surface area is 100 Å². The largest absolute Gasteiger partial charge is 0.481 e. The van der Waals surface area contributed by atoms with Crippen LogP contribution in [0.15, 0.2) is 0 Å². The van der Waals surface area contributed by atoms with Crippen molar-refractivity contribution >= 4 is 12.1 Å². The van der Waals surface area contributed by atoms with E-state index in [1.807, 2.05) is 0 Å². The second-order valence-electron chi connectivity index (χ2n) is 5.13. The SMILES string of the molecule is CC(C)(C)OC(=O)NC[C@@H]1COC[C@H]1C(=O)O. The zero-order chi connectivity index (χ0) is 13.1. The molecule has 98 valence electrons. The highest BCUT2D eigenvalue weighted by Gasteiger charge is 2.34. The number of hydrogen-bond acceptors (Lipinski definition) is 4. The smallest absolute Gasteiger partial charge is 0.407 e. The van der Waals surface area contributed by atoms with Crippen molar-refractivity contribution in [2.45, 2.75) is 26.4 Å². The maximum absolute atomic E-state index is 11.4. The van der Waals surface area contributed by atoms with Crippen LogP contribution in [-0.4, -0.2) is 42.5 Å². The molecule has 0 saturated carbocycles. The van der Waals surface area contributed by atoms with Crippen molar-refractivity contribution in [3.05, 3.63) is 0 Å². The van der Waals surface area contributed by atoms with Gasteiger partial charge in [-0.2, -0.15) is 0 Å². The number of rotatable bonds is 3. The molecule has 17 heavy (non-hydrogen) atoms. The summed E-state index contributed by atoms with van der Waals surface area (Å²) in [6.07, 6.45) is -0.534. The fourth-order valence-corrected chi connectivity index (χ4v) is 1.60. The van der Waals surface area contributed by atoms with E-state index >= 15 is 0 Å². The zero-order valence-corrected chi connectivity index (χ0v) is 10.4. The van der Waals surface area contributed by atoms with Gasteiger partial charge in [0, 0.05) is 12.5 Å². The first-order valence-corrected chi connectivity index (χ1v) is 5.57. The van der Waals surface area contributed by atoms with Gasteiger partial charge in [0.1, 0.15) is 5.60 Å². The second kappa shape index (κ2) is 5.35. The van der Waals surface area contributed by atoms with Crippen LogP contribution in [0, 0.1) is 11.8 Å². The number of ether oxygens (including phenoxy) is 2. The molecular weight excluding hydrogens is 226 g/mol. The molecule has 6 nitrogen and oxygen atoms in total. The Hall–Kier alpha value is -1.30. The molecule has 0 aliphatic carbocycles. The van der Waals surface area contributed by atoms with Crippen molar-refractivity contribution in [3.8, 4) is 0 Å². The van der Waals surface area contributed by atoms with Crippen LogP contribution in [-0.2, 0) is 14.3 Å². The van der Waals surface area contributed by atoms with Gasteiger partial charge in [-0.1, -0.05) is 0 Å². The Morgan fingerprint density at radius 1 is 1.41 bits per heavy atom. The molecule has 2 atom stereocenters. The molecule has 0 aromatic heterocycles. The van der Waals surface area contributed by atoms with E-state index in [1.54, 1.807) is 20.8 Å². The molecule has 1 saturated heterocycles. The number of amides is 1. The summed E-state index contributed by atoms with van der Waals surface area (Å²) < 4.78 is 10.1. The first-order chi connectivity index (χ1) is 7.79. The Morgan fingerprint density at radius 3 is 2.59 bits per heavy atom. The quantitative estimate of drug-likeness (QED) is 0.770. The van der Waals surface area contributed by atoms with E-state index in [2.05, 4.69) is 5.32 Å². The number of carbonyl (C=O) groups excluding carboxylic acids is 1. The maximum Gasteiger partial charge on any atom is 0.407 e. The summed E-state index contributed by atoms with van der Waals surface area (Å²) in [6.45, 7) is 6.12. The molecule has 1 heterocycles. The van der Waals surface area contributed by atoms with E-state index in [4.69, 9.17) is 14.6 Å². The first kappa shape index (κ1) is 13.8. The fraction of sp³-hybridized carbons (Fsp3) is 0.818. The van der Waals surface area contributed by atoms with Gasteiger partial charge < -0.3 is 19.9 Å². The summed E-state index contributed by atoms with van der Waals surface area (Å²) in [7, 11) is 0. The molecule has 0 spiro atoms. The van der Waals surface area contributed by atoms with E-state index in [-0.39, 0.29) is 19.1 Å². The molecular formula is C11H19NO5. The van der Waals surface area contributed by atoms with Crippen LogP contribution in [0.2, 0.25) is 0 Å². The first-order valence-electron chi connectivity index (χ1n) is 5.57. The van der Waals surface area contributed by atoms with Crippen LogP contribution < -0.4 is 5.32 Å². The highest BCUT2D eigenvalue weighted by Crippen LogP contribution is 2.20. The molecule has 0 unspecified atom stereocenters. The lowest BCUT2D eigenvalue weighted by molar-refractivity contribution is -0.142. The van der Waals surface area contributed by atoms with Gasteiger partial charge in [-0.25, -0.2) is 4.79 Å². The van der Waals surface area contributed by atoms with Gasteiger partial charge >= 0.3 is 12.1 Å². The lowest BCUT2D eigenvalue weighted by Gasteiger charge is -2.21. The minimum Gasteiger partial charge on any atom is -0.481 e. The van der Waals surface area contributed by atoms with Gasteiger partial charge in [0.2, 0.25) is 0 Å². The number of hydrogen-bond donors (Lipinski definition) is 2. The molecule has 6 heteroatoms. The van der Waals surface area contributed by atoms with E-state index in [0.717, 1.165) is 0 Å². The molecule has 0 aromatic carbocycles. The van der Waals surface area contributed by atoms with Gasteiger partial charge in [0.25, 0.3) is 0 Å². The van der Waals surface area contributed by atoms with E-state index < -0.39 is 23.6 Å². The standard InChI is InChI=1S/C11H19NO5/c1-11(2,3)17-10(15)12-4-7-5-16-6-8(7)9(13)14/h7-8H,4-6H2,1-3H3,(H,12,15)(H,13,14)/t7-,8-/m1/s1. The zero-order valence-electron chi connectivity index (χ0n) is 10.4. The summed E-state index contributed by atoms with van der Waals surface area (Å²) in [4.78, 5) is 22.2. The number of alkyl carbamates (subject to hydrolysis) is 1. The van der Waals surface area contributed by atoms with Crippen molar-refractivity contribution in [1.29, 1.82) is 0 Å². The average Bonchev–Trinajstić information content (AvgIpc) is 2.59. The van der Waals surface area contributed by atoms with Crippen LogP contribution in [0.5, 0.6) is 0 Å². The predicted octanol–water partition coefficient (Wildman–Crippen LogP) is 0.858. The third kappa shape index (κ3) is 4.60. The van der Waals surface area contributed by atoms with Crippen LogP contribution in [0.25, 0.3) is 0 Å².